The van der Waals surface area contributed by atoms with Crippen molar-refractivity contribution < 1.29 is 28.2 Å². The minimum Gasteiger partial charge on any atom is -0.469 e. The van der Waals surface area contributed by atoms with Crippen molar-refractivity contribution in [2.45, 2.75) is 84.0 Å². The fourth-order valence-electron chi connectivity index (χ4n) is 6.44. The lowest BCUT2D eigenvalue weighted by Crippen LogP contribution is -2.45. The van der Waals surface area contributed by atoms with E-state index in [0.717, 1.165) is 33.5 Å². The largest absolute Gasteiger partial charge is 0.469 e. The second kappa shape index (κ2) is 14.4. The third kappa shape index (κ3) is 7.74. The van der Waals surface area contributed by atoms with Crippen LogP contribution in [-0.2, 0) is 32.0 Å². The highest BCUT2D eigenvalue weighted by atomic mass is 19.1. The van der Waals surface area contributed by atoms with Gasteiger partial charge in [0.25, 0.3) is 5.91 Å². The fourth-order valence-corrected chi connectivity index (χ4v) is 6.44. The first-order valence-electron chi connectivity index (χ1n) is 15.9. The summed E-state index contributed by atoms with van der Waals surface area (Å²) in [5.74, 6) is -1.72. The normalized spacial score (nSPS) is 17.5. The number of carbonyl (C=O) groups is 2. The van der Waals surface area contributed by atoms with Gasteiger partial charge in [-0.15, -0.1) is 0 Å². The molecule has 5 rings (SSSR count). The molecular weight excluding hydrogens is 583 g/mol. The number of halogens is 1. The average Bonchev–Trinajstić information content (AvgIpc) is 3.38. The monoisotopic (exact) mass is 626 g/mol. The Kier molecular flexibility index (Phi) is 10.4. The maximum absolute atomic E-state index is 14.3. The van der Waals surface area contributed by atoms with E-state index in [0.29, 0.717) is 31.5 Å². The number of hydrogen-bond acceptors (Lipinski definition) is 5. The Labute approximate surface area is 270 Å². The molecule has 1 saturated heterocycles. The summed E-state index contributed by atoms with van der Waals surface area (Å²) in [6.07, 6.45) is 1.33. The quantitative estimate of drug-likeness (QED) is 0.171. The molecule has 1 N–H and O–H groups in total. The molecule has 1 fully saturated rings. The van der Waals surface area contributed by atoms with Gasteiger partial charge in [0.05, 0.1) is 25.7 Å². The van der Waals surface area contributed by atoms with Crippen molar-refractivity contribution in [2.24, 2.45) is 0 Å². The molecule has 0 spiro atoms. The lowest BCUT2D eigenvalue weighted by Gasteiger charge is -2.40. The molecule has 2 unspecified atom stereocenters. The number of ether oxygens (including phenoxy) is 3. The van der Waals surface area contributed by atoms with Crippen molar-refractivity contribution in [1.29, 1.82) is 0 Å². The molecule has 2 atom stereocenters. The van der Waals surface area contributed by atoms with Crippen LogP contribution in [0.5, 0.6) is 0 Å². The standard InChI is InChI=1S/C38H43FN2O5/c1-25(2)41-32(21-20-30-22-31(23-33(42)44-5)46-38(3,4)45-30)34(28-16-18-29(39)19-17-28)35(27-14-10-7-11-15-27)36(41)37(43)40-24-26-12-8-6-9-13-26/h6-19,25,30-31H,20-24H2,1-5H3,(H,40,43). The van der Waals surface area contributed by atoms with E-state index >= 15 is 0 Å². The number of methoxy groups -OCH3 is 1. The summed E-state index contributed by atoms with van der Waals surface area (Å²) >= 11 is 0. The summed E-state index contributed by atoms with van der Waals surface area (Å²) in [5, 5.41) is 3.16. The van der Waals surface area contributed by atoms with E-state index in [1.807, 2.05) is 74.5 Å². The lowest BCUT2D eigenvalue weighted by atomic mass is 9.92. The molecule has 2 heterocycles. The van der Waals surface area contributed by atoms with E-state index in [9.17, 15) is 14.0 Å². The van der Waals surface area contributed by atoms with Gasteiger partial charge in [-0.2, -0.15) is 0 Å². The van der Waals surface area contributed by atoms with Gasteiger partial charge < -0.3 is 24.1 Å². The Balaban J connectivity index is 1.61. The zero-order valence-electron chi connectivity index (χ0n) is 27.2. The van der Waals surface area contributed by atoms with Crippen LogP contribution in [0.2, 0.25) is 0 Å². The summed E-state index contributed by atoms with van der Waals surface area (Å²) in [7, 11) is 1.37. The molecule has 1 aliphatic rings. The van der Waals surface area contributed by atoms with E-state index < -0.39 is 5.79 Å². The number of rotatable bonds is 11. The number of nitrogens with one attached hydrogen (secondary N) is 1. The van der Waals surface area contributed by atoms with E-state index in [1.165, 1.54) is 19.2 Å². The van der Waals surface area contributed by atoms with Crippen LogP contribution < -0.4 is 5.32 Å². The van der Waals surface area contributed by atoms with Crippen LogP contribution in [0.4, 0.5) is 4.39 Å². The highest BCUT2D eigenvalue weighted by Gasteiger charge is 2.37. The van der Waals surface area contributed by atoms with Gasteiger partial charge in [-0.3, -0.25) is 9.59 Å². The molecule has 1 aliphatic heterocycles. The second-order valence-electron chi connectivity index (χ2n) is 12.5. The van der Waals surface area contributed by atoms with Crippen LogP contribution in [0.15, 0.2) is 84.9 Å². The highest BCUT2D eigenvalue weighted by Crippen LogP contribution is 2.43. The zero-order valence-corrected chi connectivity index (χ0v) is 27.2. The predicted molar refractivity (Wildman–Crippen MR) is 177 cm³/mol. The summed E-state index contributed by atoms with van der Waals surface area (Å²) in [5.41, 5.74) is 5.93. The van der Waals surface area contributed by atoms with Gasteiger partial charge in [0, 0.05) is 35.8 Å². The molecule has 1 aromatic heterocycles. The lowest BCUT2D eigenvalue weighted by molar-refractivity contribution is -0.300. The number of hydrogen-bond donors (Lipinski definition) is 1. The second-order valence-corrected chi connectivity index (χ2v) is 12.5. The summed E-state index contributed by atoms with van der Waals surface area (Å²) in [4.78, 5) is 26.4. The molecule has 0 aliphatic carbocycles. The molecule has 0 saturated carbocycles. The first kappa shape index (κ1) is 33.1. The van der Waals surface area contributed by atoms with Crippen LogP contribution in [-0.4, -0.2) is 41.5 Å². The van der Waals surface area contributed by atoms with Crippen molar-refractivity contribution in [3.8, 4) is 22.3 Å². The maximum Gasteiger partial charge on any atom is 0.308 e. The number of carbonyl (C=O) groups excluding carboxylic acids is 2. The van der Waals surface area contributed by atoms with Crippen molar-refractivity contribution >= 4 is 11.9 Å². The third-order valence-electron chi connectivity index (χ3n) is 8.28. The summed E-state index contributed by atoms with van der Waals surface area (Å²) < 4.78 is 33.6. The number of nitrogens with zero attached hydrogens (tertiary/aromatic N) is 1. The number of amides is 1. The SMILES string of the molecule is COC(=O)CC1CC(CCc2c(-c3ccc(F)cc3)c(-c3ccccc3)c(C(=O)NCc3ccccc3)n2C(C)C)OC(C)(C)O1. The number of aromatic nitrogens is 1. The topological polar surface area (TPSA) is 78.8 Å². The molecule has 242 valence electrons. The smallest absolute Gasteiger partial charge is 0.308 e. The molecule has 46 heavy (non-hydrogen) atoms. The Hall–Kier alpha value is -4.27. The zero-order chi connectivity index (χ0) is 32.8. The first-order chi connectivity index (χ1) is 22.1. The van der Waals surface area contributed by atoms with Crippen LogP contribution in [0.25, 0.3) is 22.3 Å². The fraction of sp³-hybridized carbons (Fsp3) is 0.368. The van der Waals surface area contributed by atoms with Crippen molar-refractivity contribution in [3.63, 3.8) is 0 Å². The van der Waals surface area contributed by atoms with Crippen LogP contribution >= 0.6 is 0 Å². The van der Waals surface area contributed by atoms with E-state index in [4.69, 9.17) is 14.2 Å². The highest BCUT2D eigenvalue weighted by molar-refractivity contribution is 6.05. The van der Waals surface area contributed by atoms with Gasteiger partial charge >= 0.3 is 5.97 Å². The number of benzene rings is 3. The molecule has 0 bridgehead atoms. The molecule has 3 aromatic carbocycles. The molecule has 1 amide bonds. The minimum absolute atomic E-state index is 0.0664. The predicted octanol–water partition coefficient (Wildman–Crippen LogP) is 7.88. The van der Waals surface area contributed by atoms with E-state index in [1.54, 1.807) is 12.1 Å². The van der Waals surface area contributed by atoms with Crippen LogP contribution in [0.1, 0.15) is 74.7 Å². The van der Waals surface area contributed by atoms with Gasteiger partial charge in [0.2, 0.25) is 0 Å². The molecule has 7 nitrogen and oxygen atoms in total. The first-order valence-corrected chi connectivity index (χ1v) is 15.9. The maximum atomic E-state index is 14.3. The average molecular weight is 627 g/mol. The Morgan fingerprint density at radius 1 is 0.913 bits per heavy atom. The molecule has 8 heteroatoms. The van der Waals surface area contributed by atoms with Crippen molar-refractivity contribution in [1.82, 2.24) is 9.88 Å². The molecule has 4 aromatic rings. The summed E-state index contributed by atoms with van der Waals surface area (Å²) in [6.45, 7) is 8.23. The van der Waals surface area contributed by atoms with Crippen molar-refractivity contribution in [3.05, 3.63) is 108 Å². The third-order valence-corrected chi connectivity index (χ3v) is 8.28. The molecular formula is C38H43FN2O5. The van der Waals surface area contributed by atoms with Gasteiger partial charge in [0.1, 0.15) is 11.5 Å². The summed E-state index contributed by atoms with van der Waals surface area (Å²) in [6, 6.07) is 26.1. The Bertz CT molecular complexity index is 1630. The van der Waals surface area contributed by atoms with Crippen molar-refractivity contribution in [2.75, 3.05) is 7.11 Å². The molecule has 0 radical (unpaired) electrons. The Morgan fingerprint density at radius 2 is 1.52 bits per heavy atom. The van der Waals surface area contributed by atoms with Gasteiger partial charge in [-0.05, 0) is 69.4 Å². The van der Waals surface area contributed by atoms with Gasteiger partial charge in [0.15, 0.2) is 5.79 Å². The van der Waals surface area contributed by atoms with E-state index in [2.05, 4.69) is 23.7 Å². The van der Waals surface area contributed by atoms with Gasteiger partial charge in [-0.1, -0.05) is 72.8 Å². The minimum atomic E-state index is -0.876. The van der Waals surface area contributed by atoms with E-state index in [-0.39, 0.29) is 42.4 Å². The Morgan fingerprint density at radius 3 is 2.15 bits per heavy atom. The van der Waals surface area contributed by atoms with Crippen LogP contribution in [0, 0.1) is 5.82 Å². The van der Waals surface area contributed by atoms with Crippen LogP contribution in [0.3, 0.4) is 0 Å². The van der Waals surface area contributed by atoms with Gasteiger partial charge in [-0.25, -0.2) is 4.39 Å². The number of esters is 1.